The van der Waals surface area contributed by atoms with Gasteiger partial charge in [-0.25, -0.2) is 9.59 Å². The fourth-order valence-corrected chi connectivity index (χ4v) is 1.63. The SMILES string of the molecule is C#Cc1cc(C(F)(F)F)cc(C(=O)O)c1NC(=O)OC(C)(C)C. The van der Waals surface area contributed by atoms with Crippen LogP contribution in [0.5, 0.6) is 0 Å². The van der Waals surface area contributed by atoms with E-state index in [2.05, 4.69) is 5.32 Å². The van der Waals surface area contributed by atoms with Crippen LogP contribution in [-0.2, 0) is 10.9 Å². The van der Waals surface area contributed by atoms with Crippen molar-refractivity contribution >= 4 is 17.7 Å². The van der Waals surface area contributed by atoms with Gasteiger partial charge in [0, 0.05) is 5.56 Å². The summed E-state index contributed by atoms with van der Waals surface area (Å²) in [5.41, 5.74) is -3.73. The number of anilines is 1. The van der Waals surface area contributed by atoms with Gasteiger partial charge in [-0.1, -0.05) is 5.92 Å². The predicted molar refractivity (Wildman–Crippen MR) is 76.2 cm³/mol. The Morgan fingerprint density at radius 3 is 2.22 bits per heavy atom. The van der Waals surface area contributed by atoms with Crippen molar-refractivity contribution < 1.29 is 32.6 Å². The minimum Gasteiger partial charge on any atom is -0.478 e. The molecular formula is C15H14F3NO4. The molecule has 1 rings (SSSR count). The quantitative estimate of drug-likeness (QED) is 0.811. The van der Waals surface area contributed by atoms with E-state index in [1.54, 1.807) is 20.8 Å². The number of carbonyl (C=O) groups is 2. The van der Waals surface area contributed by atoms with Gasteiger partial charge in [-0.2, -0.15) is 13.2 Å². The minimum absolute atomic E-state index is 0.399. The second-order valence-electron chi connectivity index (χ2n) is 5.52. The summed E-state index contributed by atoms with van der Waals surface area (Å²) in [7, 11) is 0. The molecule has 0 aliphatic carbocycles. The number of carbonyl (C=O) groups excluding carboxylic acids is 1. The first kappa shape index (κ1) is 18.4. The zero-order valence-corrected chi connectivity index (χ0v) is 12.5. The number of amides is 1. The summed E-state index contributed by atoms with van der Waals surface area (Å²) in [5.74, 6) is 0.270. The molecule has 1 amide bonds. The Labute approximate surface area is 130 Å². The van der Waals surface area contributed by atoms with E-state index in [0.717, 1.165) is 0 Å². The molecule has 1 aromatic rings. The third-order valence-electron chi connectivity index (χ3n) is 2.48. The first-order valence-electron chi connectivity index (χ1n) is 6.30. The molecule has 124 valence electrons. The van der Waals surface area contributed by atoms with Crippen LogP contribution >= 0.6 is 0 Å². The molecular weight excluding hydrogens is 315 g/mol. The van der Waals surface area contributed by atoms with Crippen molar-refractivity contribution in [2.24, 2.45) is 0 Å². The van der Waals surface area contributed by atoms with Crippen LogP contribution in [-0.4, -0.2) is 22.8 Å². The van der Waals surface area contributed by atoms with Crippen LogP contribution in [0.3, 0.4) is 0 Å². The van der Waals surface area contributed by atoms with Gasteiger partial charge < -0.3 is 9.84 Å². The maximum absolute atomic E-state index is 12.8. The molecule has 0 atom stereocenters. The van der Waals surface area contributed by atoms with Gasteiger partial charge in [-0.15, -0.1) is 6.42 Å². The number of hydrogen-bond donors (Lipinski definition) is 2. The molecule has 0 bridgehead atoms. The summed E-state index contributed by atoms with van der Waals surface area (Å²) < 4.78 is 43.3. The monoisotopic (exact) mass is 329 g/mol. The van der Waals surface area contributed by atoms with E-state index < -0.39 is 46.2 Å². The van der Waals surface area contributed by atoms with Gasteiger partial charge in [0.25, 0.3) is 0 Å². The molecule has 2 N–H and O–H groups in total. The van der Waals surface area contributed by atoms with Crippen LogP contribution in [0.1, 0.15) is 42.3 Å². The molecule has 0 unspecified atom stereocenters. The number of aromatic carboxylic acids is 1. The van der Waals surface area contributed by atoms with Gasteiger partial charge in [-0.3, -0.25) is 5.32 Å². The largest absolute Gasteiger partial charge is 0.478 e. The van der Waals surface area contributed by atoms with Crippen molar-refractivity contribution in [3.8, 4) is 12.3 Å². The Hall–Kier alpha value is -2.69. The molecule has 0 fully saturated rings. The number of nitrogens with one attached hydrogen (secondary N) is 1. The third kappa shape index (κ3) is 4.92. The molecule has 8 heteroatoms. The highest BCUT2D eigenvalue weighted by Crippen LogP contribution is 2.34. The van der Waals surface area contributed by atoms with Gasteiger partial charge in [0.05, 0.1) is 16.8 Å². The van der Waals surface area contributed by atoms with E-state index in [-0.39, 0.29) is 0 Å². The summed E-state index contributed by atoms with van der Waals surface area (Å²) >= 11 is 0. The molecule has 23 heavy (non-hydrogen) atoms. The Kier molecular flexibility index (Phi) is 4.95. The lowest BCUT2D eigenvalue weighted by Gasteiger charge is -2.21. The Morgan fingerprint density at radius 1 is 1.26 bits per heavy atom. The number of rotatable bonds is 2. The molecule has 0 aliphatic heterocycles. The number of hydrogen-bond acceptors (Lipinski definition) is 3. The van der Waals surface area contributed by atoms with Gasteiger partial charge in [0.2, 0.25) is 0 Å². The van der Waals surface area contributed by atoms with Crippen LogP contribution < -0.4 is 5.32 Å². The lowest BCUT2D eigenvalue weighted by atomic mass is 10.0. The molecule has 0 aromatic heterocycles. The lowest BCUT2D eigenvalue weighted by molar-refractivity contribution is -0.137. The zero-order chi connectivity index (χ0) is 18.0. The first-order valence-corrected chi connectivity index (χ1v) is 6.30. The summed E-state index contributed by atoms with van der Waals surface area (Å²) in [4.78, 5) is 22.9. The van der Waals surface area contributed by atoms with Crippen LogP contribution in [0.2, 0.25) is 0 Å². The fraction of sp³-hybridized carbons (Fsp3) is 0.333. The average molecular weight is 329 g/mol. The number of carboxylic acid groups (broad SMARTS) is 1. The highest BCUT2D eigenvalue weighted by Gasteiger charge is 2.33. The number of alkyl halides is 3. The standard InChI is InChI=1S/C15H14F3NO4/c1-5-8-6-9(15(16,17)18)7-10(12(20)21)11(8)19-13(22)23-14(2,3)4/h1,6-7H,2-4H3,(H,19,22)(H,20,21). The van der Waals surface area contributed by atoms with Crippen molar-refractivity contribution in [1.29, 1.82) is 0 Å². The molecule has 0 heterocycles. The van der Waals surface area contributed by atoms with E-state index in [0.29, 0.717) is 12.1 Å². The number of ether oxygens (including phenoxy) is 1. The summed E-state index contributed by atoms with van der Waals surface area (Å²) in [6.07, 6.45) is -0.676. The van der Waals surface area contributed by atoms with Crippen molar-refractivity contribution in [3.05, 3.63) is 28.8 Å². The van der Waals surface area contributed by atoms with Gasteiger partial charge in [-0.05, 0) is 32.9 Å². The molecule has 0 radical (unpaired) electrons. The lowest BCUT2D eigenvalue weighted by Crippen LogP contribution is -2.28. The van der Waals surface area contributed by atoms with Crippen LogP contribution in [0.15, 0.2) is 12.1 Å². The minimum atomic E-state index is -4.78. The summed E-state index contributed by atoms with van der Waals surface area (Å²) in [6.45, 7) is 4.71. The molecule has 0 saturated carbocycles. The van der Waals surface area contributed by atoms with Crippen molar-refractivity contribution in [3.63, 3.8) is 0 Å². The van der Waals surface area contributed by atoms with Crippen molar-refractivity contribution in [2.75, 3.05) is 5.32 Å². The Morgan fingerprint density at radius 2 is 1.83 bits per heavy atom. The molecule has 0 aliphatic rings. The fourth-order valence-electron chi connectivity index (χ4n) is 1.63. The second-order valence-corrected chi connectivity index (χ2v) is 5.52. The van der Waals surface area contributed by atoms with E-state index >= 15 is 0 Å². The number of carboxylic acids is 1. The second kappa shape index (κ2) is 6.20. The third-order valence-corrected chi connectivity index (χ3v) is 2.48. The molecule has 1 aromatic carbocycles. The maximum atomic E-state index is 12.8. The summed E-state index contributed by atoms with van der Waals surface area (Å²) in [5, 5.41) is 11.2. The normalized spacial score (nSPS) is 11.5. The molecule has 0 saturated heterocycles. The van der Waals surface area contributed by atoms with Crippen molar-refractivity contribution in [2.45, 2.75) is 32.5 Å². The number of terminal acetylenes is 1. The Bertz CT molecular complexity index is 682. The topological polar surface area (TPSA) is 75.6 Å². The average Bonchev–Trinajstić information content (AvgIpc) is 2.34. The first-order chi connectivity index (χ1) is 10.3. The number of halogens is 3. The number of benzene rings is 1. The van der Waals surface area contributed by atoms with Gasteiger partial charge in [0.1, 0.15) is 5.60 Å². The zero-order valence-electron chi connectivity index (χ0n) is 12.5. The van der Waals surface area contributed by atoms with Crippen LogP contribution in [0.4, 0.5) is 23.7 Å². The summed E-state index contributed by atoms with van der Waals surface area (Å²) in [6, 6.07) is 0.981. The maximum Gasteiger partial charge on any atom is 0.416 e. The Balaban J connectivity index is 3.39. The highest BCUT2D eigenvalue weighted by atomic mass is 19.4. The predicted octanol–water partition coefficient (Wildman–Crippen LogP) is 3.73. The smallest absolute Gasteiger partial charge is 0.416 e. The highest BCUT2D eigenvalue weighted by molar-refractivity contribution is 6.01. The molecule has 5 nitrogen and oxygen atoms in total. The van der Waals surface area contributed by atoms with Crippen molar-refractivity contribution in [1.82, 2.24) is 0 Å². The van der Waals surface area contributed by atoms with E-state index in [1.165, 1.54) is 0 Å². The van der Waals surface area contributed by atoms with E-state index in [1.807, 2.05) is 5.92 Å². The van der Waals surface area contributed by atoms with Gasteiger partial charge >= 0.3 is 18.2 Å². The molecule has 0 spiro atoms. The van der Waals surface area contributed by atoms with E-state index in [4.69, 9.17) is 16.3 Å². The van der Waals surface area contributed by atoms with Crippen LogP contribution in [0.25, 0.3) is 0 Å². The van der Waals surface area contributed by atoms with Gasteiger partial charge in [0.15, 0.2) is 0 Å². The van der Waals surface area contributed by atoms with Crippen LogP contribution in [0, 0.1) is 12.3 Å². The van der Waals surface area contributed by atoms with E-state index in [9.17, 15) is 22.8 Å².